The smallest absolute Gasteiger partial charge is 0.254 e. The topological polar surface area (TPSA) is 85.1 Å². The van der Waals surface area contributed by atoms with Gasteiger partial charge in [0.15, 0.2) is 0 Å². The number of carbonyl (C=O) groups excluding carboxylic acids is 2. The molecule has 4 rings (SSSR count). The van der Waals surface area contributed by atoms with Crippen LogP contribution in [0.1, 0.15) is 32.0 Å². The van der Waals surface area contributed by atoms with Crippen molar-refractivity contribution in [2.45, 2.75) is 19.5 Å². The first-order valence-electron chi connectivity index (χ1n) is 9.24. The van der Waals surface area contributed by atoms with E-state index in [4.69, 9.17) is 0 Å². The Morgan fingerprint density at radius 2 is 2.14 bits per heavy atom. The molecule has 1 aliphatic rings. The second-order valence-electron chi connectivity index (χ2n) is 6.90. The number of benzene rings is 1. The molecule has 1 aromatic carbocycles. The number of amides is 2. The summed E-state index contributed by atoms with van der Waals surface area (Å²) in [6.45, 7) is 2.17. The minimum Gasteiger partial charge on any atom is -0.350 e. The normalized spacial score (nSPS) is 13.0. The maximum atomic E-state index is 12.7. The van der Waals surface area contributed by atoms with Gasteiger partial charge in [-0.3, -0.25) is 9.59 Å². The van der Waals surface area contributed by atoms with E-state index in [0.717, 1.165) is 11.3 Å². The largest absolute Gasteiger partial charge is 0.350 e. The van der Waals surface area contributed by atoms with Gasteiger partial charge in [-0.1, -0.05) is 6.07 Å². The molecule has 0 saturated heterocycles. The maximum Gasteiger partial charge on any atom is 0.254 e. The molecule has 8 nitrogen and oxygen atoms in total. The van der Waals surface area contributed by atoms with E-state index in [2.05, 4.69) is 15.3 Å². The van der Waals surface area contributed by atoms with E-state index in [1.165, 1.54) is 0 Å². The third-order valence-electron chi connectivity index (χ3n) is 4.90. The molecule has 28 heavy (non-hydrogen) atoms. The lowest BCUT2D eigenvalue weighted by molar-refractivity contribution is 0.0778. The van der Waals surface area contributed by atoms with Gasteiger partial charge in [-0.05, 0) is 17.7 Å². The molecule has 1 N–H and O–H groups in total. The Labute approximate surface area is 162 Å². The fraction of sp³-hybridized carbons (Fsp3) is 0.300. The molecule has 0 fully saturated rings. The molecule has 0 unspecified atom stereocenters. The molecule has 0 spiro atoms. The highest BCUT2D eigenvalue weighted by Gasteiger charge is 2.30. The minimum atomic E-state index is -0.156. The lowest BCUT2D eigenvalue weighted by atomic mass is 10.0. The van der Waals surface area contributed by atoms with Gasteiger partial charge in [0.05, 0.1) is 18.3 Å². The molecule has 0 radical (unpaired) electrons. The molecular formula is C20H22N6O2. The molecule has 0 aliphatic carbocycles. The van der Waals surface area contributed by atoms with Crippen LogP contribution in [0.2, 0.25) is 0 Å². The zero-order valence-corrected chi connectivity index (χ0v) is 15.7. The highest BCUT2D eigenvalue weighted by molar-refractivity contribution is 6.04. The minimum absolute atomic E-state index is 0.0287. The Morgan fingerprint density at radius 1 is 1.25 bits per heavy atom. The maximum absolute atomic E-state index is 12.7. The lowest BCUT2D eigenvalue weighted by Gasteiger charge is -2.14. The fourth-order valence-corrected chi connectivity index (χ4v) is 3.44. The van der Waals surface area contributed by atoms with Crippen LogP contribution in [-0.2, 0) is 26.6 Å². The van der Waals surface area contributed by atoms with Crippen LogP contribution in [0.4, 0.5) is 0 Å². The Hall–Kier alpha value is -3.42. The number of fused-ring (bicyclic) bond motifs is 1. The van der Waals surface area contributed by atoms with Crippen LogP contribution in [0.3, 0.4) is 0 Å². The van der Waals surface area contributed by atoms with Crippen molar-refractivity contribution in [1.29, 1.82) is 0 Å². The van der Waals surface area contributed by atoms with Crippen molar-refractivity contribution < 1.29 is 9.59 Å². The third kappa shape index (κ3) is 3.66. The van der Waals surface area contributed by atoms with Crippen LogP contribution in [0, 0.1) is 0 Å². The van der Waals surface area contributed by atoms with Gasteiger partial charge in [0.2, 0.25) is 0 Å². The Balaban J connectivity index is 1.40. The molecule has 144 valence electrons. The van der Waals surface area contributed by atoms with E-state index in [1.54, 1.807) is 42.0 Å². The molecule has 3 heterocycles. The quantitative estimate of drug-likeness (QED) is 0.670. The van der Waals surface area contributed by atoms with Crippen LogP contribution >= 0.6 is 0 Å². The summed E-state index contributed by atoms with van der Waals surface area (Å²) in [5.74, 6) is -0.185. The van der Waals surface area contributed by atoms with Crippen LogP contribution in [0.5, 0.6) is 0 Å². The van der Waals surface area contributed by atoms with Gasteiger partial charge < -0.3 is 19.4 Å². The summed E-state index contributed by atoms with van der Waals surface area (Å²) in [4.78, 5) is 35.4. The van der Waals surface area contributed by atoms with Crippen molar-refractivity contribution in [1.82, 2.24) is 29.3 Å². The van der Waals surface area contributed by atoms with Gasteiger partial charge in [-0.25, -0.2) is 9.97 Å². The number of hydrogen-bond acceptors (Lipinski definition) is 4. The van der Waals surface area contributed by atoms with Crippen molar-refractivity contribution in [3.05, 3.63) is 71.8 Å². The van der Waals surface area contributed by atoms with E-state index in [0.29, 0.717) is 43.7 Å². The molecular weight excluding hydrogens is 356 g/mol. The van der Waals surface area contributed by atoms with Crippen LogP contribution in [-0.4, -0.2) is 48.9 Å². The average molecular weight is 378 g/mol. The first-order chi connectivity index (χ1) is 13.6. The molecule has 0 saturated carbocycles. The number of nitrogens with zero attached hydrogens (tertiary/aromatic N) is 5. The predicted octanol–water partition coefficient (Wildman–Crippen LogP) is 1.25. The van der Waals surface area contributed by atoms with Crippen molar-refractivity contribution in [2.24, 2.45) is 7.05 Å². The predicted molar refractivity (Wildman–Crippen MR) is 103 cm³/mol. The van der Waals surface area contributed by atoms with E-state index in [1.807, 2.05) is 28.6 Å². The second-order valence-corrected chi connectivity index (χ2v) is 6.90. The van der Waals surface area contributed by atoms with Crippen LogP contribution in [0.25, 0.3) is 0 Å². The number of aromatic nitrogens is 4. The summed E-state index contributed by atoms with van der Waals surface area (Å²) < 4.78 is 3.79. The molecule has 0 atom stereocenters. The first-order valence-corrected chi connectivity index (χ1v) is 9.24. The summed E-state index contributed by atoms with van der Waals surface area (Å²) in [6.07, 6.45) is 9.66. The Kier molecular flexibility index (Phi) is 4.92. The third-order valence-corrected chi connectivity index (χ3v) is 4.90. The van der Waals surface area contributed by atoms with Gasteiger partial charge >= 0.3 is 0 Å². The molecule has 0 bridgehead atoms. The first kappa shape index (κ1) is 18.0. The Morgan fingerprint density at radius 3 is 2.89 bits per heavy atom. The number of rotatable bonds is 7. The Bertz CT molecular complexity index is 992. The summed E-state index contributed by atoms with van der Waals surface area (Å²) >= 11 is 0. The number of imidazole rings is 2. The monoisotopic (exact) mass is 378 g/mol. The SMILES string of the molecule is Cn1cnc(CCN2Cc3c(C(=O)NCCn4ccnc4)cccc3C2=O)c1. The number of carbonyl (C=O) groups is 2. The molecule has 2 amide bonds. The van der Waals surface area contributed by atoms with Crippen LogP contribution in [0.15, 0.2) is 49.4 Å². The van der Waals surface area contributed by atoms with Gasteiger partial charge in [0.25, 0.3) is 11.8 Å². The second kappa shape index (κ2) is 7.67. The molecule has 2 aromatic heterocycles. The van der Waals surface area contributed by atoms with E-state index in [-0.39, 0.29) is 11.8 Å². The summed E-state index contributed by atoms with van der Waals surface area (Å²) in [6, 6.07) is 5.34. The van der Waals surface area contributed by atoms with Crippen molar-refractivity contribution in [3.63, 3.8) is 0 Å². The number of nitrogens with one attached hydrogen (secondary N) is 1. The van der Waals surface area contributed by atoms with Gasteiger partial charge in [-0.15, -0.1) is 0 Å². The van der Waals surface area contributed by atoms with E-state index in [9.17, 15) is 9.59 Å². The van der Waals surface area contributed by atoms with Gasteiger partial charge in [0, 0.05) is 69.4 Å². The molecule has 8 heteroatoms. The number of aryl methyl sites for hydroxylation is 1. The zero-order valence-electron chi connectivity index (χ0n) is 15.7. The van der Waals surface area contributed by atoms with E-state index < -0.39 is 0 Å². The van der Waals surface area contributed by atoms with Crippen molar-refractivity contribution in [2.75, 3.05) is 13.1 Å². The highest BCUT2D eigenvalue weighted by atomic mass is 16.2. The lowest BCUT2D eigenvalue weighted by Crippen LogP contribution is -2.28. The summed E-state index contributed by atoms with van der Waals surface area (Å²) in [5.41, 5.74) is 2.93. The fourth-order valence-electron chi connectivity index (χ4n) is 3.44. The van der Waals surface area contributed by atoms with Crippen molar-refractivity contribution >= 4 is 11.8 Å². The van der Waals surface area contributed by atoms with E-state index >= 15 is 0 Å². The summed E-state index contributed by atoms with van der Waals surface area (Å²) in [7, 11) is 1.92. The molecule has 1 aliphatic heterocycles. The van der Waals surface area contributed by atoms with Gasteiger partial charge in [0.1, 0.15) is 0 Å². The summed E-state index contributed by atoms with van der Waals surface area (Å²) in [5, 5.41) is 2.93. The zero-order chi connectivity index (χ0) is 19.5. The molecule has 3 aromatic rings. The van der Waals surface area contributed by atoms with Crippen LogP contribution < -0.4 is 5.32 Å². The average Bonchev–Trinajstić information content (AvgIpc) is 3.41. The number of hydrogen-bond donors (Lipinski definition) is 1. The van der Waals surface area contributed by atoms with Gasteiger partial charge in [-0.2, -0.15) is 0 Å². The standard InChI is InChI=1S/C20H22N6O2/c1-24-11-15(23-14-24)5-8-26-12-18-16(3-2-4-17(18)20(26)28)19(27)22-7-10-25-9-6-21-13-25/h2-4,6,9,11,13-14H,5,7-8,10,12H2,1H3,(H,22,27). The highest BCUT2D eigenvalue weighted by Crippen LogP contribution is 2.26. The van der Waals surface area contributed by atoms with Crippen molar-refractivity contribution in [3.8, 4) is 0 Å².